The van der Waals surface area contributed by atoms with Gasteiger partial charge in [0.05, 0.1) is 22.9 Å². The first kappa shape index (κ1) is 24.4. The molecule has 4 aliphatic rings. The first-order valence-electron chi connectivity index (χ1n) is 13.3. The van der Waals surface area contributed by atoms with Crippen molar-refractivity contribution in [1.29, 1.82) is 0 Å². The maximum atomic E-state index is 14.2. The van der Waals surface area contributed by atoms with E-state index in [-0.39, 0.29) is 34.4 Å². The van der Waals surface area contributed by atoms with Crippen molar-refractivity contribution in [1.82, 2.24) is 0 Å². The summed E-state index contributed by atoms with van der Waals surface area (Å²) in [6.07, 6.45) is 11.3. The van der Waals surface area contributed by atoms with E-state index in [1.165, 1.54) is 49.6 Å². The molecule has 6 heteroatoms. The fourth-order valence-corrected chi connectivity index (χ4v) is 9.34. The van der Waals surface area contributed by atoms with Gasteiger partial charge in [0.2, 0.25) is 0 Å². The molecular weight excluding hydrogens is 449 g/mol. The third-order valence-corrected chi connectivity index (χ3v) is 11.4. The smallest absolute Gasteiger partial charge is 0.166 e. The van der Waals surface area contributed by atoms with Crippen LogP contribution in [0.4, 0.5) is 15.8 Å². The fraction of sp³-hybridized carbons (Fsp3) is 0.750. The molecule has 0 bridgehead atoms. The van der Waals surface area contributed by atoms with E-state index in [0.29, 0.717) is 17.0 Å². The number of benzene rings is 1. The van der Waals surface area contributed by atoms with Gasteiger partial charge in [0.15, 0.2) is 11.6 Å². The Kier molecular flexibility index (Phi) is 6.20. The highest BCUT2D eigenvalue weighted by Crippen LogP contribution is 2.67. The molecule has 0 aromatic heterocycles. The first-order chi connectivity index (χ1) is 16.1. The Bertz CT molecular complexity index is 971. The number of hydrogen-bond acceptors (Lipinski definition) is 4. The number of Topliss-reactive ketones (excluding diaryl/α,β-unsaturated/α-hetero) is 1. The van der Waals surface area contributed by atoms with E-state index in [1.807, 2.05) is 0 Å². The Morgan fingerprint density at radius 2 is 1.79 bits per heavy atom. The van der Waals surface area contributed by atoms with Gasteiger partial charge in [-0.3, -0.25) is 4.79 Å². The second-order valence-electron chi connectivity index (χ2n) is 12.6. The highest BCUT2D eigenvalue weighted by Gasteiger charge is 2.61. The quantitative estimate of drug-likeness (QED) is 0.283. The van der Waals surface area contributed by atoms with Crippen LogP contribution in [0.2, 0.25) is 5.02 Å². The number of nitrogen functional groups attached to an aromatic ring is 1. The van der Waals surface area contributed by atoms with Crippen molar-refractivity contribution in [2.45, 2.75) is 78.6 Å². The molecule has 0 spiro atoms. The summed E-state index contributed by atoms with van der Waals surface area (Å²) < 4.78 is 14.2. The molecule has 4 N–H and O–H groups in total. The summed E-state index contributed by atoms with van der Waals surface area (Å²) in [6, 6.07) is 3.02. The number of carbonyl (C=O) groups is 1. The summed E-state index contributed by atoms with van der Waals surface area (Å²) in [5.74, 6) is 9.66. The van der Waals surface area contributed by atoms with E-state index in [0.717, 1.165) is 42.9 Å². The van der Waals surface area contributed by atoms with Crippen LogP contribution in [0.5, 0.6) is 0 Å². The number of hydrazine groups is 1. The Balaban J connectivity index is 1.32. The minimum atomic E-state index is -0.686. The van der Waals surface area contributed by atoms with Gasteiger partial charge >= 0.3 is 0 Å². The molecule has 8 unspecified atom stereocenters. The average Bonchev–Trinajstić information content (AvgIpc) is 3.15. The molecule has 1 aromatic carbocycles. The van der Waals surface area contributed by atoms with Gasteiger partial charge in [-0.1, -0.05) is 38.8 Å². The zero-order valence-electron chi connectivity index (χ0n) is 21.0. The number of nitrogens with two attached hydrogens (primary N) is 2. The molecule has 4 fully saturated rings. The van der Waals surface area contributed by atoms with Crippen molar-refractivity contribution in [3.05, 3.63) is 23.0 Å². The number of rotatable bonds is 4. The van der Waals surface area contributed by atoms with Gasteiger partial charge in [-0.25, -0.2) is 10.2 Å². The Morgan fingerprint density at radius 3 is 2.56 bits per heavy atom. The van der Waals surface area contributed by atoms with Crippen molar-refractivity contribution >= 4 is 28.8 Å². The third kappa shape index (κ3) is 3.68. The molecule has 0 aliphatic heterocycles. The Morgan fingerprint density at radius 1 is 1.09 bits per heavy atom. The van der Waals surface area contributed by atoms with E-state index in [2.05, 4.69) is 20.8 Å². The first-order valence-corrected chi connectivity index (χ1v) is 13.7. The predicted octanol–water partition coefficient (Wildman–Crippen LogP) is 6.61. The molecule has 34 heavy (non-hydrogen) atoms. The maximum absolute atomic E-state index is 14.2. The lowest BCUT2D eigenvalue weighted by Crippen LogP contribution is -2.54. The van der Waals surface area contributed by atoms with Gasteiger partial charge in [-0.2, -0.15) is 0 Å². The molecule has 5 rings (SSSR count). The molecular formula is C28H41ClFN3O. The van der Waals surface area contributed by atoms with E-state index in [1.54, 1.807) is 6.07 Å². The Hall–Kier alpha value is -1.33. The Labute approximate surface area is 208 Å². The second kappa shape index (κ2) is 8.65. The standard InChI is InChI=1S/C28H41ClFN3O/c1-16-10-12-27(2)17(14-16)4-5-18-19-6-7-21(28(19,3)13-11-20(18)27)24(34)15-33(32)23-9-8-22(29)25(30)26(23)31/h8-9,16-21H,4-7,10-15,31-32H2,1-3H3. The molecule has 1 aromatic rings. The molecule has 8 atom stereocenters. The highest BCUT2D eigenvalue weighted by atomic mass is 35.5. The number of hydrogen-bond donors (Lipinski definition) is 2. The van der Waals surface area contributed by atoms with E-state index in [4.69, 9.17) is 23.2 Å². The fourth-order valence-electron chi connectivity index (χ4n) is 9.17. The van der Waals surface area contributed by atoms with Crippen LogP contribution in [0.25, 0.3) is 0 Å². The lowest BCUT2D eigenvalue weighted by Gasteiger charge is -2.61. The van der Waals surface area contributed by atoms with Gasteiger partial charge in [0, 0.05) is 5.92 Å². The van der Waals surface area contributed by atoms with Crippen LogP contribution in [0.3, 0.4) is 0 Å². The lowest BCUT2D eigenvalue weighted by molar-refractivity contribution is -0.135. The average molecular weight is 490 g/mol. The number of anilines is 2. The van der Waals surface area contributed by atoms with Gasteiger partial charge in [0.25, 0.3) is 0 Å². The van der Waals surface area contributed by atoms with Crippen LogP contribution >= 0.6 is 11.6 Å². The van der Waals surface area contributed by atoms with Crippen molar-refractivity contribution in [2.24, 2.45) is 52.2 Å². The van der Waals surface area contributed by atoms with Crippen molar-refractivity contribution in [3.8, 4) is 0 Å². The van der Waals surface area contributed by atoms with Crippen LogP contribution in [0, 0.1) is 52.2 Å². The summed E-state index contributed by atoms with van der Waals surface area (Å²) in [6.45, 7) is 7.45. The van der Waals surface area contributed by atoms with Crippen molar-refractivity contribution < 1.29 is 9.18 Å². The summed E-state index contributed by atoms with van der Waals surface area (Å²) >= 11 is 5.83. The van der Waals surface area contributed by atoms with Crippen molar-refractivity contribution in [3.63, 3.8) is 0 Å². The zero-order chi connectivity index (χ0) is 24.4. The summed E-state index contributed by atoms with van der Waals surface area (Å²) in [7, 11) is 0. The van der Waals surface area contributed by atoms with Crippen LogP contribution in [0.1, 0.15) is 78.6 Å². The second-order valence-corrected chi connectivity index (χ2v) is 13.0. The van der Waals surface area contributed by atoms with Crippen LogP contribution in [-0.2, 0) is 4.79 Å². The third-order valence-electron chi connectivity index (χ3n) is 11.1. The summed E-state index contributed by atoms with van der Waals surface area (Å²) in [5.41, 5.74) is 6.64. The number of fused-ring (bicyclic) bond motifs is 5. The molecule has 0 amide bonds. The molecule has 4 aliphatic carbocycles. The minimum absolute atomic E-state index is 0.0137. The topological polar surface area (TPSA) is 72.3 Å². The van der Waals surface area contributed by atoms with Gasteiger partial charge in [-0.05, 0) is 104 Å². The van der Waals surface area contributed by atoms with Gasteiger partial charge in [0.1, 0.15) is 0 Å². The predicted molar refractivity (Wildman–Crippen MR) is 137 cm³/mol. The number of carbonyl (C=O) groups excluding carboxylic acids is 1. The van der Waals surface area contributed by atoms with E-state index >= 15 is 0 Å². The van der Waals surface area contributed by atoms with E-state index < -0.39 is 5.82 Å². The van der Waals surface area contributed by atoms with Crippen LogP contribution in [-0.4, -0.2) is 12.3 Å². The molecule has 0 saturated heterocycles. The molecule has 0 heterocycles. The summed E-state index contributed by atoms with van der Waals surface area (Å²) in [4.78, 5) is 13.6. The minimum Gasteiger partial charge on any atom is -0.395 e. The molecule has 0 radical (unpaired) electrons. The summed E-state index contributed by atoms with van der Waals surface area (Å²) in [5, 5.41) is 1.26. The maximum Gasteiger partial charge on any atom is 0.166 e. The molecule has 4 saturated carbocycles. The number of halogens is 2. The highest BCUT2D eigenvalue weighted by molar-refractivity contribution is 6.31. The monoisotopic (exact) mass is 489 g/mol. The van der Waals surface area contributed by atoms with Crippen molar-refractivity contribution in [2.75, 3.05) is 17.3 Å². The number of ketones is 1. The van der Waals surface area contributed by atoms with Gasteiger partial charge in [-0.15, -0.1) is 0 Å². The normalized spacial score (nSPS) is 41.4. The zero-order valence-corrected chi connectivity index (χ0v) is 21.7. The lowest BCUT2D eigenvalue weighted by atomic mass is 9.44. The van der Waals surface area contributed by atoms with Crippen LogP contribution in [0.15, 0.2) is 12.1 Å². The SMILES string of the molecule is CC1CCC2(C)C(CCC3C2CCC2(C)C(C(=O)CN(N)c4ccc(Cl)c(F)c4N)CCC32)C1. The largest absolute Gasteiger partial charge is 0.395 e. The van der Waals surface area contributed by atoms with E-state index in [9.17, 15) is 9.18 Å². The van der Waals surface area contributed by atoms with Crippen LogP contribution < -0.4 is 16.6 Å². The van der Waals surface area contributed by atoms with Gasteiger partial charge < -0.3 is 10.7 Å². The molecule has 4 nitrogen and oxygen atoms in total. The number of nitrogens with zero attached hydrogens (tertiary/aromatic N) is 1. The molecule has 188 valence electrons.